The molecular formula is C25H33N3O3. The van der Waals surface area contributed by atoms with Crippen LogP contribution in [0.1, 0.15) is 47.3 Å². The van der Waals surface area contributed by atoms with Gasteiger partial charge in [-0.1, -0.05) is 12.1 Å². The Morgan fingerprint density at radius 2 is 1.71 bits per heavy atom. The van der Waals surface area contributed by atoms with Gasteiger partial charge in [0.05, 0.1) is 20.3 Å². The molecule has 2 aliphatic heterocycles. The van der Waals surface area contributed by atoms with Crippen molar-refractivity contribution >= 4 is 11.6 Å². The summed E-state index contributed by atoms with van der Waals surface area (Å²) in [5.41, 5.74) is 3.86. The summed E-state index contributed by atoms with van der Waals surface area (Å²) in [6.07, 6.45) is 2.45. The summed E-state index contributed by atoms with van der Waals surface area (Å²) >= 11 is 0. The number of benzene rings is 2. The minimum Gasteiger partial charge on any atom is -0.493 e. The zero-order valence-corrected chi connectivity index (χ0v) is 19.1. The second-order valence-electron chi connectivity index (χ2n) is 8.82. The van der Waals surface area contributed by atoms with E-state index >= 15 is 0 Å². The Labute approximate surface area is 185 Å². The highest BCUT2D eigenvalue weighted by atomic mass is 16.5. The third kappa shape index (κ3) is 4.22. The fraction of sp³-hybridized carbons (Fsp3) is 0.480. The molecule has 2 heterocycles. The molecule has 0 saturated carbocycles. The lowest BCUT2D eigenvalue weighted by Gasteiger charge is -2.41. The van der Waals surface area contributed by atoms with Crippen LogP contribution in [0.5, 0.6) is 11.5 Å². The third-order valence-electron chi connectivity index (χ3n) is 6.68. The number of hydrogen-bond acceptors (Lipinski definition) is 5. The van der Waals surface area contributed by atoms with Gasteiger partial charge < -0.3 is 24.6 Å². The van der Waals surface area contributed by atoms with Gasteiger partial charge in [-0.2, -0.15) is 0 Å². The molecule has 2 bridgehead atoms. The highest BCUT2D eigenvalue weighted by Gasteiger charge is 2.39. The maximum Gasteiger partial charge on any atom is 0.252 e. The zero-order chi connectivity index (χ0) is 22.1. The molecule has 2 saturated heterocycles. The molecule has 3 atom stereocenters. The van der Waals surface area contributed by atoms with Crippen LogP contribution in [0.2, 0.25) is 0 Å². The van der Waals surface area contributed by atoms with Crippen molar-refractivity contribution in [3.05, 3.63) is 53.1 Å². The van der Waals surface area contributed by atoms with Gasteiger partial charge in [0.2, 0.25) is 0 Å². The van der Waals surface area contributed by atoms with Gasteiger partial charge in [0, 0.05) is 36.4 Å². The Balaban J connectivity index is 1.53. The summed E-state index contributed by atoms with van der Waals surface area (Å²) in [5.74, 6) is 1.28. The number of nitrogens with zero attached hydrogens (tertiary/aromatic N) is 2. The minimum atomic E-state index is -0.157. The molecule has 0 aromatic heterocycles. The molecule has 6 nitrogen and oxygen atoms in total. The van der Waals surface area contributed by atoms with Crippen molar-refractivity contribution in [1.29, 1.82) is 0 Å². The fourth-order valence-corrected chi connectivity index (χ4v) is 5.03. The van der Waals surface area contributed by atoms with Crippen molar-refractivity contribution in [2.75, 3.05) is 39.3 Å². The molecule has 2 fully saturated rings. The average molecular weight is 424 g/mol. The lowest BCUT2D eigenvalue weighted by atomic mass is 10.0. The van der Waals surface area contributed by atoms with Crippen molar-refractivity contribution < 1.29 is 14.3 Å². The molecule has 166 valence electrons. The number of anilines is 1. The highest BCUT2D eigenvalue weighted by Crippen LogP contribution is 2.35. The topological polar surface area (TPSA) is 54.0 Å². The molecule has 0 unspecified atom stereocenters. The Bertz CT molecular complexity index is 947. The zero-order valence-electron chi connectivity index (χ0n) is 19.1. The predicted molar refractivity (Wildman–Crippen MR) is 123 cm³/mol. The Morgan fingerprint density at radius 1 is 1.03 bits per heavy atom. The molecule has 0 aliphatic carbocycles. The van der Waals surface area contributed by atoms with Crippen molar-refractivity contribution in [3.63, 3.8) is 0 Å². The van der Waals surface area contributed by atoms with Crippen LogP contribution in [0.15, 0.2) is 36.4 Å². The molecule has 2 aliphatic rings. The fourth-order valence-electron chi connectivity index (χ4n) is 5.03. The van der Waals surface area contributed by atoms with Crippen molar-refractivity contribution in [2.45, 2.75) is 44.8 Å². The molecule has 0 spiro atoms. The van der Waals surface area contributed by atoms with E-state index < -0.39 is 0 Å². The second-order valence-corrected chi connectivity index (χ2v) is 8.82. The quantitative estimate of drug-likeness (QED) is 0.766. The first-order valence-corrected chi connectivity index (χ1v) is 11.0. The van der Waals surface area contributed by atoms with Gasteiger partial charge >= 0.3 is 0 Å². The van der Waals surface area contributed by atoms with E-state index in [0.29, 0.717) is 23.6 Å². The van der Waals surface area contributed by atoms with Crippen LogP contribution in [0.3, 0.4) is 0 Å². The van der Waals surface area contributed by atoms with Gasteiger partial charge in [-0.25, -0.2) is 0 Å². The number of carbonyl (C=O) groups is 1. The smallest absolute Gasteiger partial charge is 0.252 e. The number of methoxy groups -OCH3 is 2. The summed E-state index contributed by atoms with van der Waals surface area (Å²) in [7, 11) is 5.43. The predicted octanol–water partition coefficient (Wildman–Crippen LogP) is 3.79. The minimum absolute atomic E-state index is 0.0527. The van der Waals surface area contributed by atoms with Crippen LogP contribution < -0.4 is 19.7 Å². The number of ether oxygens (including phenoxy) is 2. The molecule has 0 radical (unpaired) electrons. The number of likely N-dealkylation sites (tertiary alicyclic amines) is 1. The number of fused-ring (bicyclic) bond motifs is 2. The first-order chi connectivity index (χ1) is 14.9. The number of hydrogen-bond donors (Lipinski definition) is 1. The van der Waals surface area contributed by atoms with Crippen LogP contribution in [0.25, 0.3) is 0 Å². The molecule has 4 rings (SSSR count). The number of amides is 1. The van der Waals surface area contributed by atoms with Crippen molar-refractivity contribution in [1.82, 2.24) is 10.2 Å². The van der Waals surface area contributed by atoms with Gasteiger partial charge in [0.25, 0.3) is 5.91 Å². The summed E-state index contributed by atoms with van der Waals surface area (Å²) in [5, 5.41) is 3.16. The van der Waals surface area contributed by atoms with Gasteiger partial charge in [0.15, 0.2) is 11.5 Å². The van der Waals surface area contributed by atoms with Crippen LogP contribution in [0.4, 0.5) is 5.69 Å². The van der Waals surface area contributed by atoms with E-state index in [1.807, 2.05) is 32.0 Å². The number of aryl methyl sites for hydroxylation is 1. The maximum atomic E-state index is 13.2. The number of nitrogens with one attached hydrogen (secondary N) is 1. The molecule has 6 heteroatoms. The monoisotopic (exact) mass is 423 g/mol. The summed E-state index contributed by atoms with van der Waals surface area (Å²) < 4.78 is 10.7. The van der Waals surface area contributed by atoms with Crippen molar-refractivity contribution in [3.8, 4) is 11.5 Å². The maximum absolute atomic E-state index is 13.2. The molecule has 31 heavy (non-hydrogen) atoms. The van der Waals surface area contributed by atoms with Gasteiger partial charge in [-0.3, -0.25) is 4.79 Å². The average Bonchev–Trinajstić information content (AvgIpc) is 3.04. The largest absolute Gasteiger partial charge is 0.493 e. The summed E-state index contributed by atoms with van der Waals surface area (Å²) in [4.78, 5) is 18.2. The molecule has 1 N–H and O–H groups in total. The number of likely N-dealkylation sites (N-methyl/N-ethyl adjacent to an activating group) is 1. The third-order valence-corrected chi connectivity index (χ3v) is 6.68. The van der Waals surface area contributed by atoms with E-state index in [-0.39, 0.29) is 11.9 Å². The Kier molecular flexibility index (Phi) is 6.10. The lowest BCUT2D eigenvalue weighted by molar-refractivity contribution is 0.0939. The van der Waals surface area contributed by atoms with E-state index in [1.165, 1.54) is 12.8 Å². The van der Waals surface area contributed by atoms with Crippen LogP contribution >= 0.6 is 0 Å². The Hall–Kier alpha value is -2.73. The number of rotatable bonds is 6. The second kappa shape index (κ2) is 8.79. The van der Waals surface area contributed by atoms with E-state index in [4.69, 9.17) is 9.47 Å². The van der Waals surface area contributed by atoms with E-state index in [1.54, 1.807) is 14.2 Å². The van der Waals surface area contributed by atoms with Gasteiger partial charge in [0.1, 0.15) is 0 Å². The molecule has 2 aromatic rings. The van der Waals surface area contributed by atoms with Crippen molar-refractivity contribution in [2.24, 2.45) is 0 Å². The van der Waals surface area contributed by atoms with Crippen LogP contribution in [0, 0.1) is 6.92 Å². The number of carbonyl (C=O) groups excluding carboxylic acids is 1. The SMILES string of the molecule is COc1ccc([C@@H](C)NC(=O)c2cc(N3[C@@H]4CC[C@H]3CN(C)C4)ccc2C)cc1OC. The molecular weight excluding hydrogens is 390 g/mol. The van der Waals surface area contributed by atoms with Crippen LogP contribution in [-0.4, -0.2) is 57.2 Å². The molecule has 2 aromatic carbocycles. The normalized spacial score (nSPS) is 21.6. The number of piperazine rings is 1. The van der Waals surface area contributed by atoms with E-state index in [2.05, 4.69) is 40.4 Å². The lowest BCUT2D eigenvalue weighted by Crippen LogP contribution is -2.52. The summed E-state index contributed by atoms with van der Waals surface area (Å²) in [6, 6.07) is 13.0. The van der Waals surface area contributed by atoms with E-state index in [0.717, 1.165) is 35.5 Å². The van der Waals surface area contributed by atoms with E-state index in [9.17, 15) is 4.79 Å². The van der Waals surface area contributed by atoms with Gasteiger partial charge in [-0.05, 0) is 69.1 Å². The van der Waals surface area contributed by atoms with Gasteiger partial charge in [-0.15, -0.1) is 0 Å². The first-order valence-electron chi connectivity index (χ1n) is 11.0. The van der Waals surface area contributed by atoms with Crippen LogP contribution in [-0.2, 0) is 0 Å². The first kappa shape index (κ1) is 21.5. The summed E-state index contributed by atoms with van der Waals surface area (Å²) in [6.45, 7) is 6.15. The molecule has 1 amide bonds. The Morgan fingerprint density at radius 3 is 2.35 bits per heavy atom. The standard InChI is InChI=1S/C25H33N3O3/c1-16-6-8-19(28-20-9-10-21(28)15-27(3)14-20)13-22(16)25(29)26-17(2)18-7-11-23(30-4)24(12-18)31-5/h6-8,11-13,17,20-21H,9-10,14-15H2,1-5H3,(H,26,29)/t17-,20-,21+/m1/s1. The highest BCUT2D eigenvalue weighted by molar-refractivity contribution is 5.97.